The quantitative estimate of drug-likeness (QED) is 0.643. The van der Waals surface area contributed by atoms with Gasteiger partial charge in [-0.15, -0.1) is 0 Å². The maximum absolute atomic E-state index is 11.3. The molecule has 1 saturated heterocycles. The van der Waals surface area contributed by atoms with Crippen LogP contribution in [-0.2, 0) is 0 Å². The Morgan fingerprint density at radius 3 is 2.92 bits per heavy atom. The van der Waals surface area contributed by atoms with Gasteiger partial charge in [0.1, 0.15) is 0 Å². The van der Waals surface area contributed by atoms with Gasteiger partial charge in [0, 0.05) is 18.1 Å². The summed E-state index contributed by atoms with van der Waals surface area (Å²) >= 11 is 2.79. The van der Waals surface area contributed by atoms with Crippen LogP contribution in [0.1, 0.15) is 11.6 Å². The first kappa shape index (κ1) is 9.11. The second-order valence-corrected chi connectivity index (χ2v) is 4.78. The van der Waals surface area contributed by atoms with Crippen LogP contribution in [0.15, 0.2) is 4.79 Å². The average molecular weight is 218 g/mol. The molecule has 2 heterocycles. The molecule has 1 fully saturated rings. The zero-order valence-corrected chi connectivity index (χ0v) is 8.50. The van der Waals surface area contributed by atoms with Crippen LogP contribution >= 0.6 is 23.3 Å². The zero-order valence-electron chi connectivity index (χ0n) is 6.87. The van der Waals surface area contributed by atoms with Gasteiger partial charge in [-0.05, 0) is 11.5 Å². The highest BCUT2D eigenvalue weighted by atomic mass is 32.2. The molecule has 1 unspecified atom stereocenters. The fraction of sp³-hybridized carbons (Fsp3) is 0.571. The summed E-state index contributed by atoms with van der Waals surface area (Å²) in [5.74, 6) is 1.92. The van der Waals surface area contributed by atoms with Gasteiger partial charge in [-0.25, -0.2) is 0 Å². The van der Waals surface area contributed by atoms with Crippen LogP contribution in [0.2, 0.25) is 0 Å². The highest BCUT2D eigenvalue weighted by molar-refractivity contribution is 7.99. The first-order chi connectivity index (χ1) is 6.29. The fourth-order valence-electron chi connectivity index (χ4n) is 1.36. The van der Waals surface area contributed by atoms with Crippen molar-refractivity contribution in [2.45, 2.75) is 6.04 Å². The van der Waals surface area contributed by atoms with Crippen molar-refractivity contribution in [3.05, 3.63) is 15.9 Å². The van der Waals surface area contributed by atoms with E-state index in [2.05, 4.69) is 9.69 Å². The number of nitrogens with one attached hydrogen (secondary N) is 2. The summed E-state index contributed by atoms with van der Waals surface area (Å²) in [6.07, 6.45) is 0. The van der Waals surface area contributed by atoms with Gasteiger partial charge in [-0.2, -0.15) is 11.8 Å². The summed E-state index contributed by atoms with van der Waals surface area (Å²) in [6, 6.07) is 0.00810. The number of H-pyrrole nitrogens is 1. The van der Waals surface area contributed by atoms with Crippen molar-refractivity contribution < 1.29 is 5.11 Å². The molecule has 1 aromatic heterocycles. The maximum atomic E-state index is 11.3. The molecule has 0 radical (unpaired) electrons. The molecule has 72 valence electrons. The molecule has 0 spiro atoms. The molecule has 2 rings (SSSR count). The molecule has 13 heavy (non-hydrogen) atoms. The third-order valence-corrected chi connectivity index (χ3v) is 3.75. The van der Waals surface area contributed by atoms with E-state index in [0.717, 1.165) is 29.6 Å². The molecular weight excluding hydrogens is 208 g/mol. The number of thioether (sulfide) groups is 1. The minimum Gasteiger partial charge on any atom is -0.498 e. The predicted octanol–water partition coefficient (Wildman–Crippen LogP) is 0.520. The second kappa shape index (κ2) is 3.73. The Balaban J connectivity index is 2.27. The molecule has 0 aromatic carbocycles. The zero-order chi connectivity index (χ0) is 9.26. The van der Waals surface area contributed by atoms with E-state index in [-0.39, 0.29) is 16.7 Å². The van der Waals surface area contributed by atoms with Crippen molar-refractivity contribution in [3.63, 3.8) is 0 Å². The number of aromatic amines is 1. The van der Waals surface area contributed by atoms with Crippen molar-refractivity contribution in [2.24, 2.45) is 0 Å². The van der Waals surface area contributed by atoms with Crippen LogP contribution in [0, 0.1) is 0 Å². The Labute approximate surface area is 83.5 Å². The van der Waals surface area contributed by atoms with Crippen molar-refractivity contribution in [2.75, 3.05) is 18.1 Å². The van der Waals surface area contributed by atoms with Gasteiger partial charge in [0.15, 0.2) is 5.06 Å². The van der Waals surface area contributed by atoms with Gasteiger partial charge < -0.3 is 10.4 Å². The summed E-state index contributed by atoms with van der Waals surface area (Å²) in [7, 11) is 0. The maximum Gasteiger partial charge on any atom is 0.266 e. The third kappa shape index (κ3) is 1.74. The molecule has 3 N–H and O–H groups in total. The van der Waals surface area contributed by atoms with Gasteiger partial charge >= 0.3 is 0 Å². The number of hydrogen-bond acceptors (Lipinski definition) is 5. The molecule has 0 bridgehead atoms. The lowest BCUT2D eigenvalue weighted by molar-refractivity contribution is 0.469. The van der Waals surface area contributed by atoms with Gasteiger partial charge in [0.05, 0.1) is 11.6 Å². The van der Waals surface area contributed by atoms with Crippen LogP contribution in [-0.4, -0.2) is 27.5 Å². The summed E-state index contributed by atoms with van der Waals surface area (Å²) in [5, 5.41) is 12.7. The van der Waals surface area contributed by atoms with E-state index >= 15 is 0 Å². The highest BCUT2D eigenvalue weighted by Gasteiger charge is 2.22. The molecule has 0 aliphatic carbocycles. The summed E-state index contributed by atoms with van der Waals surface area (Å²) in [5.41, 5.74) is 0.333. The smallest absolute Gasteiger partial charge is 0.266 e. The van der Waals surface area contributed by atoms with Gasteiger partial charge in [-0.1, -0.05) is 0 Å². The van der Waals surface area contributed by atoms with Crippen LogP contribution in [0.4, 0.5) is 0 Å². The summed E-state index contributed by atoms with van der Waals surface area (Å²) < 4.78 is 2.52. The van der Waals surface area contributed by atoms with Crippen LogP contribution < -0.4 is 10.9 Å². The molecule has 1 atom stereocenters. The fourth-order valence-corrected chi connectivity index (χ4v) is 2.95. The average Bonchev–Trinajstić information content (AvgIpc) is 2.48. The van der Waals surface area contributed by atoms with Gasteiger partial charge in [0.2, 0.25) is 0 Å². The molecule has 0 saturated carbocycles. The number of aromatic nitrogens is 1. The van der Waals surface area contributed by atoms with Crippen molar-refractivity contribution in [1.29, 1.82) is 0 Å². The molecular formula is C7H10N2O2S2. The van der Waals surface area contributed by atoms with E-state index in [9.17, 15) is 9.90 Å². The van der Waals surface area contributed by atoms with E-state index in [1.807, 2.05) is 0 Å². The Hall–Kier alpha value is -0.460. The molecule has 1 aliphatic rings. The van der Waals surface area contributed by atoms with Crippen LogP contribution in [0.5, 0.6) is 5.06 Å². The normalized spacial score (nSPS) is 23.2. The van der Waals surface area contributed by atoms with Crippen molar-refractivity contribution in [3.8, 4) is 5.06 Å². The number of aromatic hydroxyl groups is 1. The number of hydrogen-bond donors (Lipinski definition) is 3. The lowest BCUT2D eigenvalue weighted by Gasteiger charge is -2.21. The van der Waals surface area contributed by atoms with E-state index < -0.39 is 0 Å². The van der Waals surface area contributed by atoms with Crippen molar-refractivity contribution >= 4 is 23.3 Å². The monoisotopic (exact) mass is 218 g/mol. The largest absolute Gasteiger partial charge is 0.498 e. The van der Waals surface area contributed by atoms with E-state index in [1.165, 1.54) is 0 Å². The topological polar surface area (TPSA) is 65.1 Å². The Kier molecular flexibility index (Phi) is 2.61. The van der Waals surface area contributed by atoms with E-state index in [1.54, 1.807) is 11.8 Å². The third-order valence-electron chi connectivity index (χ3n) is 1.99. The molecule has 4 nitrogen and oxygen atoms in total. The SMILES string of the molecule is O=c1[nH]sc(O)c1C1CSCCN1. The summed E-state index contributed by atoms with van der Waals surface area (Å²) in [6.45, 7) is 0.893. The Bertz CT molecular complexity index is 341. The lowest BCUT2D eigenvalue weighted by atomic mass is 10.2. The van der Waals surface area contributed by atoms with E-state index in [4.69, 9.17) is 0 Å². The number of rotatable bonds is 1. The second-order valence-electron chi connectivity index (χ2n) is 2.83. The van der Waals surface area contributed by atoms with Crippen LogP contribution in [0.25, 0.3) is 0 Å². The molecule has 1 aliphatic heterocycles. The predicted molar refractivity (Wildman–Crippen MR) is 54.7 cm³/mol. The lowest BCUT2D eigenvalue weighted by Crippen LogP contribution is -2.32. The molecule has 0 amide bonds. The highest BCUT2D eigenvalue weighted by Crippen LogP contribution is 2.28. The minimum atomic E-state index is -0.164. The molecule has 1 aromatic rings. The van der Waals surface area contributed by atoms with Crippen molar-refractivity contribution in [1.82, 2.24) is 9.69 Å². The standard InChI is InChI=1S/C7H10N2O2S2/c10-6-5(7(11)13-9-6)4-3-12-2-1-8-4/h4,8,11H,1-3H2,(H,9,10). The van der Waals surface area contributed by atoms with Gasteiger partial charge in [-0.3, -0.25) is 9.17 Å². The minimum absolute atomic E-state index is 0.00810. The Morgan fingerprint density at radius 1 is 1.54 bits per heavy atom. The first-order valence-corrected chi connectivity index (χ1v) is 5.97. The Morgan fingerprint density at radius 2 is 2.38 bits per heavy atom. The first-order valence-electron chi connectivity index (χ1n) is 4.00. The van der Waals surface area contributed by atoms with Gasteiger partial charge in [0.25, 0.3) is 5.56 Å². The molecule has 6 heteroatoms. The van der Waals surface area contributed by atoms with E-state index in [0.29, 0.717) is 5.56 Å². The van der Waals surface area contributed by atoms with Crippen LogP contribution in [0.3, 0.4) is 0 Å². The summed E-state index contributed by atoms with van der Waals surface area (Å²) in [4.78, 5) is 11.3.